The summed E-state index contributed by atoms with van der Waals surface area (Å²) in [4.78, 5) is 6.93. The fraction of sp³-hybridized carbons (Fsp3) is 0.722. The maximum atomic E-state index is 10.5. The van der Waals surface area contributed by atoms with E-state index >= 15 is 0 Å². The van der Waals surface area contributed by atoms with Crippen molar-refractivity contribution in [1.82, 2.24) is 15.5 Å². The van der Waals surface area contributed by atoms with E-state index in [1.54, 1.807) is 25.3 Å². The van der Waals surface area contributed by atoms with Crippen LogP contribution in [0.4, 0.5) is 0 Å². The van der Waals surface area contributed by atoms with E-state index in [2.05, 4.69) is 27.6 Å². The van der Waals surface area contributed by atoms with E-state index < -0.39 is 5.60 Å². The number of guanidine groups is 1. The second-order valence-corrected chi connectivity index (χ2v) is 6.79. The summed E-state index contributed by atoms with van der Waals surface area (Å²) in [5.74, 6) is 1.26. The van der Waals surface area contributed by atoms with Crippen molar-refractivity contribution in [3.05, 3.63) is 24.2 Å². The number of nitrogens with zero attached hydrogens (tertiary/aromatic N) is 2. The zero-order valence-corrected chi connectivity index (χ0v) is 18.0. The minimum atomic E-state index is -1.10. The molecule has 0 spiro atoms. The average Bonchev–Trinajstić information content (AvgIpc) is 3.25. The van der Waals surface area contributed by atoms with Crippen LogP contribution in [-0.4, -0.2) is 55.2 Å². The van der Waals surface area contributed by atoms with E-state index in [4.69, 9.17) is 4.42 Å². The monoisotopic (exact) mass is 464 g/mol. The summed E-state index contributed by atoms with van der Waals surface area (Å²) >= 11 is 0. The van der Waals surface area contributed by atoms with Crippen LogP contribution in [-0.2, 0) is 5.60 Å². The van der Waals surface area contributed by atoms with Crippen LogP contribution in [0.2, 0.25) is 0 Å². The lowest BCUT2D eigenvalue weighted by atomic mass is 10.0. The van der Waals surface area contributed by atoms with E-state index in [1.165, 1.54) is 25.7 Å². The van der Waals surface area contributed by atoms with Crippen LogP contribution in [0.1, 0.15) is 45.3 Å². The van der Waals surface area contributed by atoms with Crippen molar-refractivity contribution in [2.45, 2.75) is 51.2 Å². The summed E-state index contributed by atoms with van der Waals surface area (Å²) < 4.78 is 5.29. The Kier molecular flexibility index (Phi) is 9.81. The highest BCUT2D eigenvalue weighted by Gasteiger charge is 2.26. The van der Waals surface area contributed by atoms with Crippen molar-refractivity contribution < 1.29 is 9.52 Å². The Bertz CT molecular complexity index is 499. The van der Waals surface area contributed by atoms with Gasteiger partial charge in [-0.15, -0.1) is 24.0 Å². The van der Waals surface area contributed by atoms with Crippen molar-refractivity contribution in [1.29, 1.82) is 0 Å². The molecule has 25 heavy (non-hydrogen) atoms. The van der Waals surface area contributed by atoms with Crippen LogP contribution in [0.3, 0.4) is 0 Å². The molecule has 2 rings (SSSR count). The Morgan fingerprint density at radius 1 is 1.40 bits per heavy atom. The molecular weight excluding hydrogens is 431 g/mol. The van der Waals surface area contributed by atoms with Gasteiger partial charge in [0, 0.05) is 25.7 Å². The van der Waals surface area contributed by atoms with Crippen molar-refractivity contribution in [3.8, 4) is 0 Å². The Morgan fingerprint density at radius 2 is 2.12 bits per heavy atom. The number of furan rings is 1. The Hall–Kier alpha value is -0.800. The highest BCUT2D eigenvalue weighted by atomic mass is 127. The third-order valence-corrected chi connectivity index (χ3v) is 4.65. The van der Waals surface area contributed by atoms with Crippen LogP contribution in [0.5, 0.6) is 0 Å². The van der Waals surface area contributed by atoms with Crippen LogP contribution >= 0.6 is 24.0 Å². The molecule has 1 saturated carbocycles. The molecule has 0 bridgehead atoms. The molecule has 6 nitrogen and oxygen atoms in total. The lowest BCUT2D eigenvalue weighted by molar-refractivity contribution is 0.0437. The van der Waals surface area contributed by atoms with E-state index in [9.17, 15) is 5.11 Å². The largest absolute Gasteiger partial charge is 0.466 e. The first kappa shape index (κ1) is 22.2. The van der Waals surface area contributed by atoms with Crippen molar-refractivity contribution in [2.24, 2.45) is 4.99 Å². The van der Waals surface area contributed by atoms with Gasteiger partial charge < -0.3 is 25.1 Å². The fourth-order valence-electron chi connectivity index (χ4n) is 3.12. The number of hydrogen-bond acceptors (Lipinski definition) is 4. The van der Waals surface area contributed by atoms with Crippen LogP contribution in [0.15, 0.2) is 27.8 Å². The summed E-state index contributed by atoms with van der Waals surface area (Å²) in [6.45, 7) is 6.60. The van der Waals surface area contributed by atoms with E-state index in [0.29, 0.717) is 5.76 Å². The van der Waals surface area contributed by atoms with E-state index in [0.717, 1.165) is 31.6 Å². The standard InChI is InChI=1S/C18H32N4O2.HI/c1-4-19-17(20-11-12-22(3)15-8-5-6-9-15)21-14-18(2,23)16-10-7-13-24-16;/h7,10,13,15,23H,4-6,8-9,11-12,14H2,1-3H3,(H2,19,20,21);1H. The number of hydrogen-bond donors (Lipinski definition) is 3. The number of aliphatic imine (C=N–C) groups is 1. The molecule has 1 heterocycles. The Labute approximate surface area is 168 Å². The average molecular weight is 464 g/mol. The zero-order valence-electron chi connectivity index (χ0n) is 15.6. The summed E-state index contributed by atoms with van der Waals surface area (Å²) in [7, 11) is 2.20. The minimum absolute atomic E-state index is 0. The molecule has 1 aliphatic rings. The number of nitrogens with one attached hydrogen (secondary N) is 2. The summed E-state index contributed by atoms with van der Waals surface area (Å²) in [5, 5.41) is 17.1. The van der Waals surface area contributed by atoms with Gasteiger partial charge in [0.05, 0.1) is 12.8 Å². The van der Waals surface area contributed by atoms with Crippen LogP contribution in [0, 0.1) is 0 Å². The van der Waals surface area contributed by atoms with Crippen molar-refractivity contribution in [3.63, 3.8) is 0 Å². The Balaban J connectivity index is 0.00000312. The predicted molar refractivity (Wildman–Crippen MR) is 113 cm³/mol. The van der Waals surface area contributed by atoms with Gasteiger partial charge in [0.1, 0.15) is 11.4 Å². The minimum Gasteiger partial charge on any atom is -0.466 e. The first-order valence-corrected chi connectivity index (χ1v) is 9.01. The summed E-state index contributed by atoms with van der Waals surface area (Å²) in [6.07, 6.45) is 6.91. The van der Waals surface area contributed by atoms with Crippen molar-refractivity contribution in [2.75, 3.05) is 33.2 Å². The molecule has 1 aromatic heterocycles. The smallest absolute Gasteiger partial charge is 0.191 e. The van der Waals surface area contributed by atoms with Crippen LogP contribution in [0.25, 0.3) is 0 Å². The molecule has 1 unspecified atom stereocenters. The normalized spacial score (nSPS) is 18.0. The topological polar surface area (TPSA) is 73.0 Å². The van der Waals surface area contributed by atoms with Gasteiger partial charge in [0.2, 0.25) is 0 Å². The predicted octanol–water partition coefficient (Wildman–Crippen LogP) is 2.53. The lowest BCUT2D eigenvalue weighted by Gasteiger charge is -2.24. The fourth-order valence-corrected chi connectivity index (χ4v) is 3.12. The van der Waals surface area contributed by atoms with E-state index in [1.807, 2.05) is 6.92 Å². The quantitative estimate of drug-likeness (QED) is 0.313. The molecule has 0 saturated heterocycles. The first-order chi connectivity index (χ1) is 11.5. The molecule has 0 aliphatic heterocycles. The van der Waals surface area contributed by atoms with Gasteiger partial charge in [-0.25, -0.2) is 4.99 Å². The van der Waals surface area contributed by atoms with E-state index in [-0.39, 0.29) is 30.5 Å². The first-order valence-electron chi connectivity index (χ1n) is 9.01. The van der Waals surface area contributed by atoms with Gasteiger partial charge in [-0.1, -0.05) is 12.8 Å². The second-order valence-electron chi connectivity index (χ2n) is 6.79. The molecule has 0 radical (unpaired) electrons. The third-order valence-electron chi connectivity index (χ3n) is 4.65. The zero-order chi connectivity index (χ0) is 17.4. The molecular formula is C18H33IN4O2. The maximum Gasteiger partial charge on any atom is 0.191 e. The van der Waals surface area contributed by atoms with Gasteiger partial charge in [-0.3, -0.25) is 0 Å². The molecule has 3 N–H and O–H groups in total. The lowest BCUT2D eigenvalue weighted by Crippen LogP contribution is -2.43. The molecule has 1 aliphatic carbocycles. The second kappa shape index (κ2) is 11.0. The van der Waals surface area contributed by atoms with Gasteiger partial charge >= 0.3 is 0 Å². The van der Waals surface area contributed by atoms with Gasteiger partial charge in [0.15, 0.2) is 5.96 Å². The van der Waals surface area contributed by atoms with Crippen LogP contribution < -0.4 is 10.6 Å². The summed E-state index contributed by atoms with van der Waals surface area (Å²) in [5.41, 5.74) is -1.10. The van der Waals surface area contributed by atoms with Gasteiger partial charge in [0.25, 0.3) is 0 Å². The molecule has 1 atom stereocenters. The summed E-state index contributed by atoms with van der Waals surface area (Å²) in [6, 6.07) is 4.27. The SMILES string of the molecule is CCNC(=NCC(C)(O)c1ccco1)NCCN(C)C1CCCC1.I. The maximum absolute atomic E-state index is 10.5. The number of halogens is 1. The van der Waals surface area contributed by atoms with Gasteiger partial charge in [-0.05, 0) is 45.9 Å². The molecule has 1 fully saturated rings. The number of rotatable bonds is 8. The Morgan fingerprint density at radius 3 is 2.72 bits per heavy atom. The number of aliphatic hydroxyl groups is 1. The molecule has 1 aromatic rings. The molecule has 0 aromatic carbocycles. The highest BCUT2D eigenvalue weighted by molar-refractivity contribution is 14.0. The highest BCUT2D eigenvalue weighted by Crippen LogP contribution is 2.22. The number of likely N-dealkylation sites (N-methyl/N-ethyl adjacent to an activating group) is 1. The molecule has 7 heteroatoms. The van der Waals surface area contributed by atoms with Gasteiger partial charge in [-0.2, -0.15) is 0 Å². The molecule has 0 amide bonds. The molecule has 144 valence electrons. The third kappa shape index (κ3) is 7.15. The van der Waals surface area contributed by atoms with Crippen molar-refractivity contribution >= 4 is 29.9 Å².